The van der Waals surface area contributed by atoms with Crippen LogP contribution in [0.25, 0.3) is 0 Å². The van der Waals surface area contributed by atoms with Crippen LogP contribution in [-0.4, -0.2) is 11.7 Å². The molecule has 25 heavy (non-hydrogen) atoms. The molecule has 0 aromatic heterocycles. The molecule has 0 bridgehead atoms. The van der Waals surface area contributed by atoms with Crippen LogP contribution in [0.3, 0.4) is 0 Å². The zero-order valence-corrected chi connectivity index (χ0v) is 13.6. The minimum Gasteiger partial charge on any atom is -0.398 e. The van der Waals surface area contributed by atoms with Crippen molar-refractivity contribution < 1.29 is 0 Å². The quantitative estimate of drug-likeness (QED) is 0.297. The highest BCUT2D eigenvalue weighted by Gasteiger charge is 2.10. The van der Waals surface area contributed by atoms with Crippen molar-refractivity contribution in [2.75, 3.05) is 5.73 Å². The second-order valence-electron chi connectivity index (χ2n) is 5.36. The molecule has 0 unspecified atom stereocenters. The van der Waals surface area contributed by atoms with Crippen LogP contribution >= 0.6 is 0 Å². The van der Waals surface area contributed by atoms with Gasteiger partial charge in [-0.2, -0.15) is 5.10 Å². The molecule has 5 nitrogen and oxygen atoms in total. The minimum absolute atomic E-state index is 0.203. The Morgan fingerprint density at radius 3 is 2.04 bits per heavy atom. The van der Waals surface area contributed by atoms with Gasteiger partial charge in [-0.3, -0.25) is 0 Å². The Morgan fingerprint density at radius 1 is 0.760 bits per heavy atom. The van der Waals surface area contributed by atoms with Crippen LogP contribution in [0.4, 0.5) is 11.4 Å². The fraction of sp³-hybridized carbons (Fsp3) is 0. The number of aliphatic imine (C=N–C) groups is 1. The molecular formula is C20H19N5. The summed E-state index contributed by atoms with van der Waals surface area (Å²) in [6.07, 6.45) is 0. The van der Waals surface area contributed by atoms with Crippen LogP contribution in [0.15, 0.2) is 95.0 Å². The summed E-state index contributed by atoms with van der Waals surface area (Å²) < 4.78 is 0. The standard InChI is InChI=1S/C20H19N5/c21-18-14-8-7-13-17(18)19(15-9-3-1-4-10-15)24-25-20(22)23-16-11-5-2-6-12-16/h1-14H,21H2,(H3,22,23,25)/b24-19+. The number of hydrogen-bond donors (Lipinski definition) is 3. The smallest absolute Gasteiger partial charge is 0.214 e. The Hall–Kier alpha value is -3.60. The summed E-state index contributed by atoms with van der Waals surface area (Å²) in [5.41, 5.74) is 18.7. The summed E-state index contributed by atoms with van der Waals surface area (Å²) in [5.74, 6) is 0.203. The molecule has 0 radical (unpaired) electrons. The van der Waals surface area contributed by atoms with Gasteiger partial charge in [-0.15, -0.1) is 0 Å². The maximum atomic E-state index is 6.12. The molecule has 124 valence electrons. The molecule has 0 amide bonds. The number of benzene rings is 3. The van der Waals surface area contributed by atoms with Gasteiger partial charge in [0, 0.05) is 16.8 Å². The Kier molecular flexibility index (Phi) is 5.07. The number of nitrogens with one attached hydrogen (secondary N) is 1. The number of anilines is 1. The maximum Gasteiger partial charge on any atom is 0.214 e. The van der Waals surface area contributed by atoms with Crippen LogP contribution < -0.4 is 16.9 Å². The summed E-state index contributed by atoms with van der Waals surface area (Å²) in [6, 6.07) is 26.8. The molecule has 0 spiro atoms. The molecule has 5 N–H and O–H groups in total. The van der Waals surface area contributed by atoms with E-state index in [1.54, 1.807) is 0 Å². The number of rotatable bonds is 4. The van der Waals surface area contributed by atoms with Gasteiger partial charge < -0.3 is 11.5 Å². The van der Waals surface area contributed by atoms with E-state index in [0.29, 0.717) is 11.4 Å². The lowest BCUT2D eigenvalue weighted by Gasteiger charge is -2.10. The second kappa shape index (κ2) is 7.79. The van der Waals surface area contributed by atoms with Gasteiger partial charge in [-0.1, -0.05) is 66.7 Å². The Morgan fingerprint density at radius 2 is 1.36 bits per heavy atom. The van der Waals surface area contributed by atoms with Gasteiger partial charge in [0.05, 0.1) is 11.4 Å². The third kappa shape index (κ3) is 4.23. The summed E-state index contributed by atoms with van der Waals surface area (Å²) in [7, 11) is 0. The van der Waals surface area contributed by atoms with E-state index in [0.717, 1.165) is 16.8 Å². The van der Waals surface area contributed by atoms with Crippen molar-refractivity contribution in [2.24, 2.45) is 15.8 Å². The first-order chi connectivity index (χ1) is 12.2. The third-order valence-corrected chi connectivity index (χ3v) is 3.55. The minimum atomic E-state index is 0.203. The zero-order chi connectivity index (χ0) is 17.5. The first kappa shape index (κ1) is 16.3. The number of para-hydroxylation sites is 2. The fourth-order valence-electron chi connectivity index (χ4n) is 2.37. The van der Waals surface area contributed by atoms with Crippen LogP contribution in [0.2, 0.25) is 0 Å². The average molecular weight is 329 g/mol. The molecule has 3 rings (SSSR count). The van der Waals surface area contributed by atoms with Crippen molar-refractivity contribution in [2.45, 2.75) is 0 Å². The van der Waals surface area contributed by atoms with Crippen LogP contribution in [0.1, 0.15) is 11.1 Å². The van der Waals surface area contributed by atoms with Crippen molar-refractivity contribution in [3.05, 3.63) is 96.1 Å². The molecule has 3 aromatic carbocycles. The molecule has 5 heteroatoms. The second-order valence-corrected chi connectivity index (χ2v) is 5.36. The van der Waals surface area contributed by atoms with Crippen LogP contribution in [0, 0.1) is 0 Å². The molecule has 0 saturated heterocycles. The topological polar surface area (TPSA) is 88.8 Å². The molecular weight excluding hydrogens is 310 g/mol. The lowest BCUT2D eigenvalue weighted by atomic mass is 10.0. The first-order valence-electron chi connectivity index (χ1n) is 7.87. The molecule has 0 atom stereocenters. The predicted molar refractivity (Wildman–Crippen MR) is 104 cm³/mol. The molecule has 0 aliphatic heterocycles. The average Bonchev–Trinajstić information content (AvgIpc) is 2.65. The fourth-order valence-corrected chi connectivity index (χ4v) is 2.37. The number of nitrogens with two attached hydrogens (primary N) is 2. The van der Waals surface area contributed by atoms with E-state index >= 15 is 0 Å². The highest BCUT2D eigenvalue weighted by molar-refractivity contribution is 6.15. The number of nitrogens with zero attached hydrogens (tertiary/aromatic N) is 2. The summed E-state index contributed by atoms with van der Waals surface area (Å²) in [6.45, 7) is 0. The largest absolute Gasteiger partial charge is 0.398 e. The monoisotopic (exact) mass is 329 g/mol. The number of guanidine groups is 1. The third-order valence-electron chi connectivity index (χ3n) is 3.55. The van der Waals surface area contributed by atoms with Crippen molar-refractivity contribution >= 4 is 23.0 Å². The van der Waals surface area contributed by atoms with E-state index in [2.05, 4.69) is 15.5 Å². The Balaban J connectivity index is 1.94. The normalized spacial score (nSPS) is 12.0. The van der Waals surface area contributed by atoms with Gasteiger partial charge in [0.15, 0.2) is 0 Å². The van der Waals surface area contributed by atoms with E-state index in [1.807, 2.05) is 84.9 Å². The predicted octanol–water partition coefficient (Wildman–Crippen LogP) is 3.26. The van der Waals surface area contributed by atoms with E-state index in [9.17, 15) is 0 Å². The van der Waals surface area contributed by atoms with Crippen molar-refractivity contribution in [1.29, 1.82) is 0 Å². The van der Waals surface area contributed by atoms with Crippen LogP contribution in [-0.2, 0) is 0 Å². The summed E-state index contributed by atoms with van der Waals surface area (Å²) >= 11 is 0. The van der Waals surface area contributed by atoms with Gasteiger partial charge in [0.25, 0.3) is 0 Å². The van der Waals surface area contributed by atoms with Gasteiger partial charge >= 0.3 is 0 Å². The summed E-state index contributed by atoms with van der Waals surface area (Å²) in [5, 5.41) is 4.45. The van der Waals surface area contributed by atoms with E-state index < -0.39 is 0 Å². The number of nitrogen functional groups attached to an aromatic ring is 1. The lowest BCUT2D eigenvalue weighted by molar-refractivity contribution is 1.01. The molecule has 0 saturated carbocycles. The van der Waals surface area contributed by atoms with Crippen molar-refractivity contribution in [3.8, 4) is 0 Å². The maximum absolute atomic E-state index is 6.12. The lowest BCUT2D eigenvalue weighted by Crippen LogP contribution is -2.28. The molecule has 0 aliphatic carbocycles. The van der Waals surface area contributed by atoms with Gasteiger partial charge in [-0.25, -0.2) is 10.4 Å². The van der Waals surface area contributed by atoms with Gasteiger partial charge in [-0.05, 0) is 18.2 Å². The van der Waals surface area contributed by atoms with Gasteiger partial charge in [0.2, 0.25) is 5.96 Å². The summed E-state index contributed by atoms with van der Waals surface area (Å²) in [4.78, 5) is 4.29. The molecule has 0 aliphatic rings. The molecule has 0 fully saturated rings. The number of hydrogen-bond acceptors (Lipinski definition) is 3. The highest BCUT2D eigenvalue weighted by atomic mass is 15.4. The molecule has 0 heterocycles. The van der Waals surface area contributed by atoms with Crippen LogP contribution in [0.5, 0.6) is 0 Å². The first-order valence-corrected chi connectivity index (χ1v) is 7.87. The van der Waals surface area contributed by atoms with E-state index in [4.69, 9.17) is 11.5 Å². The molecule has 3 aromatic rings. The van der Waals surface area contributed by atoms with E-state index in [-0.39, 0.29) is 5.96 Å². The van der Waals surface area contributed by atoms with Gasteiger partial charge in [0.1, 0.15) is 0 Å². The number of hydrazone groups is 1. The Bertz CT molecular complexity index is 886. The Labute approximate surface area is 146 Å². The zero-order valence-electron chi connectivity index (χ0n) is 13.6. The van der Waals surface area contributed by atoms with E-state index in [1.165, 1.54) is 0 Å². The SMILES string of the molecule is NC(=Nc1ccccc1)N/N=C(\c1ccccc1)c1ccccc1N. The van der Waals surface area contributed by atoms with Crippen molar-refractivity contribution in [3.63, 3.8) is 0 Å². The van der Waals surface area contributed by atoms with Crippen molar-refractivity contribution in [1.82, 2.24) is 5.43 Å². The highest BCUT2D eigenvalue weighted by Crippen LogP contribution is 2.17.